The number of nitrogens with zero attached hydrogens (tertiary/aromatic N) is 2. The normalized spacial score (nSPS) is 10.2. The average molecular weight is 366 g/mol. The zero-order valence-corrected chi connectivity index (χ0v) is 15.5. The SMILES string of the molecule is CCOc1ccc(Nc2cc(Nc3cc(OC)ccc3OC)ncn2)cc1. The van der Waals surface area contributed by atoms with Crippen LogP contribution < -0.4 is 24.8 Å². The molecule has 0 aliphatic carbocycles. The van der Waals surface area contributed by atoms with Gasteiger partial charge in [-0.25, -0.2) is 9.97 Å². The maximum atomic E-state index is 5.45. The number of aromatic nitrogens is 2. The van der Waals surface area contributed by atoms with Crippen molar-refractivity contribution in [1.82, 2.24) is 9.97 Å². The molecule has 0 radical (unpaired) electrons. The number of benzene rings is 2. The Balaban J connectivity index is 1.76. The zero-order valence-electron chi connectivity index (χ0n) is 15.5. The van der Waals surface area contributed by atoms with Gasteiger partial charge in [-0.1, -0.05) is 0 Å². The van der Waals surface area contributed by atoms with Crippen molar-refractivity contribution in [3.05, 3.63) is 54.9 Å². The number of methoxy groups -OCH3 is 2. The predicted molar refractivity (Wildman–Crippen MR) is 106 cm³/mol. The summed E-state index contributed by atoms with van der Waals surface area (Å²) in [6, 6.07) is 15.0. The summed E-state index contributed by atoms with van der Waals surface area (Å²) in [5, 5.41) is 6.48. The number of hydrogen-bond acceptors (Lipinski definition) is 7. The first-order chi connectivity index (χ1) is 13.2. The molecule has 7 heteroatoms. The van der Waals surface area contributed by atoms with Crippen LogP contribution in [0.3, 0.4) is 0 Å². The lowest BCUT2D eigenvalue weighted by Gasteiger charge is -2.13. The second-order valence-electron chi connectivity index (χ2n) is 5.56. The van der Waals surface area contributed by atoms with Crippen LogP contribution in [-0.4, -0.2) is 30.8 Å². The van der Waals surface area contributed by atoms with Gasteiger partial charge in [-0.15, -0.1) is 0 Å². The van der Waals surface area contributed by atoms with Crippen LogP contribution in [0.25, 0.3) is 0 Å². The van der Waals surface area contributed by atoms with Crippen LogP contribution >= 0.6 is 0 Å². The van der Waals surface area contributed by atoms with Crippen LogP contribution in [0.5, 0.6) is 17.2 Å². The van der Waals surface area contributed by atoms with E-state index in [9.17, 15) is 0 Å². The molecule has 0 spiro atoms. The Morgan fingerprint density at radius 1 is 0.815 bits per heavy atom. The minimum Gasteiger partial charge on any atom is -0.497 e. The number of hydrogen-bond donors (Lipinski definition) is 2. The van der Waals surface area contributed by atoms with Crippen LogP contribution in [0.15, 0.2) is 54.9 Å². The van der Waals surface area contributed by atoms with Crippen molar-refractivity contribution in [2.45, 2.75) is 6.92 Å². The largest absolute Gasteiger partial charge is 0.497 e. The molecule has 0 saturated heterocycles. The van der Waals surface area contributed by atoms with Crippen molar-refractivity contribution >= 4 is 23.0 Å². The Labute approximate surface area is 158 Å². The molecule has 0 aliphatic rings. The Morgan fingerprint density at radius 3 is 2.19 bits per heavy atom. The summed E-state index contributed by atoms with van der Waals surface area (Å²) in [5.74, 6) is 3.54. The highest BCUT2D eigenvalue weighted by Gasteiger charge is 2.07. The number of anilines is 4. The minimum absolute atomic E-state index is 0.630. The first-order valence-corrected chi connectivity index (χ1v) is 8.53. The lowest BCUT2D eigenvalue weighted by Crippen LogP contribution is -2.00. The Morgan fingerprint density at radius 2 is 1.52 bits per heavy atom. The van der Waals surface area contributed by atoms with E-state index in [0.717, 1.165) is 22.9 Å². The van der Waals surface area contributed by atoms with Crippen LogP contribution in [-0.2, 0) is 0 Å². The third kappa shape index (κ3) is 4.78. The van der Waals surface area contributed by atoms with E-state index in [4.69, 9.17) is 14.2 Å². The molecule has 0 amide bonds. The van der Waals surface area contributed by atoms with Crippen molar-refractivity contribution in [1.29, 1.82) is 0 Å². The lowest BCUT2D eigenvalue weighted by molar-refractivity contribution is 0.340. The lowest BCUT2D eigenvalue weighted by atomic mass is 10.2. The van der Waals surface area contributed by atoms with Gasteiger partial charge in [0.1, 0.15) is 35.2 Å². The van der Waals surface area contributed by atoms with Gasteiger partial charge in [-0.3, -0.25) is 0 Å². The van der Waals surface area contributed by atoms with E-state index in [1.165, 1.54) is 6.33 Å². The van der Waals surface area contributed by atoms with Gasteiger partial charge in [0.2, 0.25) is 0 Å². The number of ether oxygens (including phenoxy) is 3. The molecule has 1 aromatic heterocycles. The summed E-state index contributed by atoms with van der Waals surface area (Å²) in [5.41, 5.74) is 1.66. The summed E-state index contributed by atoms with van der Waals surface area (Å²) < 4.78 is 16.1. The molecule has 3 rings (SSSR count). The molecular formula is C20H22N4O3. The van der Waals surface area contributed by atoms with Crippen molar-refractivity contribution < 1.29 is 14.2 Å². The third-order valence-corrected chi connectivity index (χ3v) is 3.77. The van der Waals surface area contributed by atoms with Crippen LogP contribution in [0.4, 0.5) is 23.0 Å². The first kappa shape index (κ1) is 18.3. The van der Waals surface area contributed by atoms with E-state index < -0.39 is 0 Å². The van der Waals surface area contributed by atoms with Crippen molar-refractivity contribution in [3.63, 3.8) is 0 Å². The monoisotopic (exact) mass is 366 g/mol. The predicted octanol–water partition coefficient (Wildman–Crippen LogP) is 4.38. The van der Waals surface area contributed by atoms with Gasteiger partial charge < -0.3 is 24.8 Å². The summed E-state index contributed by atoms with van der Waals surface area (Å²) >= 11 is 0. The quantitative estimate of drug-likeness (QED) is 0.612. The highest BCUT2D eigenvalue weighted by atomic mass is 16.5. The van der Waals surface area contributed by atoms with E-state index in [1.807, 2.05) is 55.5 Å². The Bertz CT molecular complexity index is 885. The fourth-order valence-electron chi connectivity index (χ4n) is 2.49. The molecule has 3 aromatic rings. The summed E-state index contributed by atoms with van der Waals surface area (Å²) in [4.78, 5) is 8.53. The molecule has 1 heterocycles. The van der Waals surface area contributed by atoms with Crippen molar-refractivity contribution in [3.8, 4) is 17.2 Å². The van der Waals surface area contributed by atoms with Gasteiger partial charge in [0.15, 0.2) is 0 Å². The number of rotatable bonds is 8. The molecule has 0 atom stereocenters. The van der Waals surface area contributed by atoms with Crippen molar-refractivity contribution in [2.24, 2.45) is 0 Å². The Hall–Kier alpha value is -3.48. The second-order valence-corrected chi connectivity index (χ2v) is 5.56. The second kappa shape index (κ2) is 8.75. The molecule has 0 saturated carbocycles. The standard InChI is InChI=1S/C20H22N4O3/c1-4-27-15-7-5-14(6-8-15)23-19-12-20(22-13-21-19)24-17-11-16(25-2)9-10-18(17)26-3/h5-13H,4H2,1-3H3,(H2,21,22,23,24). The highest BCUT2D eigenvalue weighted by molar-refractivity contribution is 5.68. The molecule has 0 fully saturated rings. The molecule has 140 valence electrons. The van der Waals surface area contributed by atoms with Gasteiger partial charge in [0, 0.05) is 17.8 Å². The molecule has 0 bridgehead atoms. The molecular weight excluding hydrogens is 344 g/mol. The van der Waals surface area contributed by atoms with Crippen LogP contribution in [0.1, 0.15) is 6.92 Å². The maximum absolute atomic E-state index is 5.45. The molecule has 7 nitrogen and oxygen atoms in total. The van der Waals surface area contributed by atoms with Gasteiger partial charge in [0.25, 0.3) is 0 Å². The minimum atomic E-state index is 0.630. The molecule has 27 heavy (non-hydrogen) atoms. The highest BCUT2D eigenvalue weighted by Crippen LogP contribution is 2.31. The van der Waals surface area contributed by atoms with Crippen LogP contribution in [0, 0.1) is 0 Å². The maximum Gasteiger partial charge on any atom is 0.142 e. The average Bonchev–Trinajstić information content (AvgIpc) is 2.70. The smallest absolute Gasteiger partial charge is 0.142 e. The zero-order chi connectivity index (χ0) is 19.1. The molecule has 2 N–H and O–H groups in total. The van der Waals surface area contributed by atoms with Gasteiger partial charge in [0.05, 0.1) is 26.5 Å². The van der Waals surface area contributed by atoms with Crippen LogP contribution in [0.2, 0.25) is 0 Å². The van der Waals surface area contributed by atoms with Gasteiger partial charge in [-0.05, 0) is 43.3 Å². The van der Waals surface area contributed by atoms with E-state index in [-0.39, 0.29) is 0 Å². The molecule has 0 aliphatic heterocycles. The molecule has 0 unspecified atom stereocenters. The van der Waals surface area contributed by atoms with Gasteiger partial charge in [-0.2, -0.15) is 0 Å². The van der Waals surface area contributed by atoms with Gasteiger partial charge >= 0.3 is 0 Å². The summed E-state index contributed by atoms with van der Waals surface area (Å²) in [6.45, 7) is 2.60. The van der Waals surface area contributed by atoms with E-state index in [0.29, 0.717) is 24.0 Å². The number of nitrogens with one attached hydrogen (secondary N) is 2. The fraction of sp³-hybridized carbons (Fsp3) is 0.200. The summed E-state index contributed by atoms with van der Waals surface area (Å²) in [7, 11) is 3.24. The first-order valence-electron chi connectivity index (χ1n) is 8.53. The molecule has 2 aromatic carbocycles. The Kier molecular flexibility index (Phi) is 5.94. The van der Waals surface area contributed by atoms with E-state index >= 15 is 0 Å². The summed E-state index contributed by atoms with van der Waals surface area (Å²) in [6.07, 6.45) is 1.49. The van der Waals surface area contributed by atoms with Crippen molar-refractivity contribution in [2.75, 3.05) is 31.5 Å². The van der Waals surface area contributed by atoms with E-state index in [1.54, 1.807) is 14.2 Å². The fourth-order valence-corrected chi connectivity index (χ4v) is 2.49. The third-order valence-electron chi connectivity index (χ3n) is 3.77. The topological polar surface area (TPSA) is 77.5 Å². The van der Waals surface area contributed by atoms with E-state index in [2.05, 4.69) is 20.6 Å².